The van der Waals surface area contributed by atoms with Gasteiger partial charge in [-0.15, -0.1) is 6.58 Å². The van der Waals surface area contributed by atoms with Gasteiger partial charge in [0.2, 0.25) is 33.3 Å². The molecule has 2 heterocycles. The number of nitrogens with one attached hydrogen (secondary N) is 3. The third-order valence-electron chi connectivity index (χ3n) is 9.72. The molecule has 290 valence electrons. The van der Waals surface area contributed by atoms with Gasteiger partial charge in [0, 0.05) is 31.0 Å². The first-order valence-corrected chi connectivity index (χ1v) is 18.3. The molecule has 6 unspecified atom stereocenters. The van der Waals surface area contributed by atoms with Crippen LogP contribution in [-0.2, 0) is 33.9 Å². The molecule has 3 fully saturated rings. The second-order valence-electron chi connectivity index (χ2n) is 13.8. The van der Waals surface area contributed by atoms with Crippen LogP contribution < -0.4 is 24.8 Å². The summed E-state index contributed by atoms with van der Waals surface area (Å²) in [5.41, 5.74) is -4.60. The molecule has 53 heavy (non-hydrogen) atoms. The maximum absolute atomic E-state index is 14.3. The number of ether oxygens (including phenoxy) is 4. The second kappa shape index (κ2) is 14.6. The molecule has 0 bridgehead atoms. The molecule has 1 saturated heterocycles. The summed E-state index contributed by atoms with van der Waals surface area (Å²) in [6.45, 7) is 6.07. The minimum atomic E-state index is -4.94. The minimum absolute atomic E-state index is 0.0317. The Balaban J connectivity index is 1.44. The van der Waals surface area contributed by atoms with Crippen molar-refractivity contribution in [2.24, 2.45) is 5.92 Å². The zero-order chi connectivity index (χ0) is 39.1. The highest BCUT2D eigenvalue weighted by atomic mass is 32.2. The van der Waals surface area contributed by atoms with Crippen molar-refractivity contribution in [2.75, 3.05) is 20.8 Å². The molecule has 4 amide bonds. The van der Waals surface area contributed by atoms with Crippen molar-refractivity contribution in [2.45, 2.75) is 93.3 Å². The molecule has 2 aromatic rings. The van der Waals surface area contributed by atoms with Gasteiger partial charge in [0.1, 0.15) is 29.5 Å². The van der Waals surface area contributed by atoms with E-state index in [1.165, 1.54) is 33.4 Å². The predicted molar refractivity (Wildman–Crippen MR) is 182 cm³/mol. The number of halogens is 3. The molecule has 2 aliphatic carbocycles. The van der Waals surface area contributed by atoms with Crippen molar-refractivity contribution in [1.82, 2.24) is 25.2 Å². The van der Waals surface area contributed by atoms with Crippen LogP contribution in [0.2, 0.25) is 0 Å². The van der Waals surface area contributed by atoms with Gasteiger partial charge in [-0.1, -0.05) is 6.08 Å². The van der Waals surface area contributed by atoms with E-state index < -0.39 is 86.6 Å². The van der Waals surface area contributed by atoms with Crippen molar-refractivity contribution < 1.29 is 59.7 Å². The molecular formula is C34H42F3N5O10S. The van der Waals surface area contributed by atoms with Crippen LogP contribution in [-0.4, -0.2) is 110 Å². The zero-order valence-electron chi connectivity index (χ0n) is 29.7. The Kier molecular flexibility index (Phi) is 10.9. The molecule has 5 rings (SSSR count). The number of alkyl halides is 3. The molecule has 6 atom stereocenters. The molecule has 1 aromatic heterocycles. The van der Waals surface area contributed by atoms with Crippen molar-refractivity contribution in [3.05, 3.63) is 43.1 Å². The number of nitrogens with zero attached hydrogens (tertiary/aromatic N) is 2. The van der Waals surface area contributed by atoms with Gasteiger partial charge in [0.25, 0.3) is 5.91 Å². The summed E-state index contributed by atoms with van der Waals surface area (Å²) < 4.78 is 89.3. The van der Waals surface area contributed by atoms with Crippen LogP contribution in [0, 0.1) is 5.92 Å². The van der Waals surface area contributed by atoms with Gasteiger partial charge in [-0.25, -0.2) is 18.2 Å². The van der Waals surface area contributed by atoms with E-state index in [4.69, 9.17) is 14.2 Å². The van der Waals surface area contributed by atoms with Crippen LogP contribution >= 0.6 is 0 Å². The van der Waals surface area contributed by atoms with E-state index in [2.05, 4.69) is 31.7 Å². The average Bonchev–Trinajstić information content (AvgIpc) is 4.02. The van der Waals surface area contributed by atoms with Crippen molar-refractivity contribution in [3.8, 4) is 11.6 Å². The number of carbonyl (C=O) groups is 4. The van der Waals surface area contributed by atoms with Gasteiger partial charge >= 0.3 is 12.3 Å². The molecule has 1 aliphatic heterocycles. The van der Waals surface area contributed by atoms with Gasteiger partial charge in [-0.05, 0) is 69.7 Å². The lowest BCUT2D eigenvalue weighted by molar-refractivity contribution is -0.244. The summed E-state index contributed by atoms with van der Waals surface area (Å²) in [6.07, 6.45) is -5.00. The molecular weight excluding hydrogens is 727 g/mol. The van der Waals surface area contributed by atoms with E-state index in [-0.39, 0.29) is 25.3 Å². The van der Waals surface area contributed by atoms with Gasteiger partial charge in [-0.2, -0.15) is 13.2 Å². The van der Waals surface area contributed by atoms with Crippen LogP contribution in [0.1, 0.15) is 46.5 Å². The van der Waals surface area contributed by atoms with Crippen LogP contribution in [0.15, 0.2) is 43.1 Å². The van der Waals surface area contributed by atoms with E-state index in [0.717, 1.165) is 4.90 Å². The summed E-state index contributed by atoms with van der Waals surface area (Å²) in [6, 6.07) is 3.86. The number of carbonyl (C=O) groups excluding carboxylic acids is 4. The number of amides is 4. The number of benzene rings is 1. The fraction of sp³-hybridized carbons (Fsp3) is 0.559. The fourth-order valence-corrected chi connectivity index (χ4v) is 7.41. The highest BCUT2D eigenvalue weighted by molar-refractivity contribution is 7.91. The standard InChI is InChI=1S/C34H42F3N5O10S/c1-7-20-16-33(20,30(45)41-53(47,48)23-9-10-23)40-27(43)25-15-22(51-28-24-11-8-21(50-6)14-19(24)12-13-38-28)17-42(25)29(44)26(18(2)49-5)39-31(46)52-32(3,4)34(35,36)37/h7-8,11-14,18,20,22-23,25-26H,1,9-10,15-17H2,2-6H3,(H,39,46)(H,40,43)(H,41,45). The van der Waals surface area contributed by atoms with Crippen LogP contribution in [0.3, 0.4) is 0 Å². The largest absolute Gasteiger partial charge is 0.497 e. The third kappa shape index (κ3) is 8.30. The maximum Gasteiger partial charge on any atom is 0.427 e. The molecule has 19 heteroatoms. The molecule has 3 N–H and O–H groups in total. The molecule has 3 aliphatic rings. The predicted octanol–water partition coefficient (Wildman–Crippen LogP) is 2.73. The normalized spacial score (nSPS) is 24.1. The second-order valence-corrected chi connectivity index (χ2v) is 15.8. The van der Waals surface area contributed by atoms with Gasteiger partial charge in [-0.3, -0.25) is 19.1 Å². The van der Waals surface area contributed by atoms with Crippen molar-refractivity contribution in [3.63, 3.8) is 0 Å². The van der Waals surface area contributed by atoms with Crippen LogP contribution in [0.4, 0.5) is 18.0 Å². The molecule has 1 aromatic carbocycles. The number of aromatic nitrogens is 1. The first-order valence-electron chi connectivity index (χ1n) is 16.8. The number of pyridine rings is 1. The summed E-state index contributed by atoms with van der Waals surface area (Å²) in [5, 5.41) is 5.37. The Labute approximate surface area is 304 Å². The van der Waals surface area contributed by atoms with Crippen molar-refractivity contribution in [1.29, 1.82) is 0 Å². The Morgan fingerprint density at radius 3 is 2.42 bits per heavy atom. The van der Waals surface area contributed by atoms with E-state index in [1.54, 1.807) is 24.3 Å². The Morgan fingerprint density at radius 2 is 1.83 bits per heavy atom. The fourth-order valence-electron chi connectivity index (χ4n) is 6.04. The maximum atomic E-state index is 14.3. The van der Waals surface area contributed by atoms with E-state index in [0.29, 0.717) is 43.2 Å². The molecule has 2 saturated carbocycles. The highest BCUT2D eigenvalue weighted by Crippen LogP contribution is 2.45. The molecule has 15 nitrogen and oxygen atoms in total. The van der Waals surface area contributed by atoms with Crippen LogP contribution in [0.5, 0.6) is 11.6 Å². The number of methoxy groups -OCH3 is 2. The quantitative estimate of drug-likeness (QED) is 0.240. The lowest BCUT2D eigenvalue weighted by Gasteiger charge is -2.33. The van der Waals surface area contributed by atoms with Gasteiger partial charge < -0.3 is 34.5 Å². The summed E-state index contributed by atoms with van der Waals surface area (Å²) >= 11 is 0. The zero-order valence-corrected chi connectivity index (χ0v) is 30.5. The lowest BCUT2D eigenvalue weighted by Crippen LogP contribution is -2.60. The number of rotatable bonds is 14. The van der Waals surface area contributed by atoms with E-state index in [9.17, 15) is 40.8 Å². The Bertz CT molecular complexity index is 1890. The van der Waals surface area contributed by atoms with Gasteiger partial charge in [0.15, 0.2) is 0 Å². The minimum Gasteiger partial charge on any atom is -0.497 e. The SMILES string of the molecule is C=CC1CC1(NC(=O)C1CC(Oc2nccc3cc(OC)ccc23)CN1C(=O)C(NC(=O)OC(C)(C)C(F)(F)F)C(C)OC)C(=O)NS(=O)(=O)C1CC1. The smallest absolute Gasteiger partial charge is 0.427 e. The number of sulfonamides is 1. The summed E-state index contributed by atoms with van der Waals surface area (Å²) in [4.78, 5) is 59.9. The van der Waals surface area contributed by atoms with Crippen molar-refractivity contribution >= 4 is 44.6 Å². The first kappa shape index (κ1) is 39.6. The van der Waals surface area contributed by atoms with E-state index in [1.807, 2.05) is 0 Å². The van der Waals surface area contributed by atoms with Crippen LogP contribution in [0.25, 0.3) is 10.8 Å². The van der Waals surface area contributed by atoms with Gasteiger partial charge in [0.05, 0.1) is 25.0 Å². The number of likely N-dealkylation sites (tertiary alicyclic amines) is 1. The average molecular weight is 770 g/mol. The summed E-state index contributed by atoms with van der Waals surface area (Å²) in [7, 11) is -1.27. The molecule has 0 spiro atoms. The summed E-state index contributed by atoms with van der Waals surface area (Å²) in [5.74, 6) is -2.64. The number of hydrogen-bond acceptors (Lipinski definition) is 11. The topological polar surface area (TPSA) is 192 Å². The van der Waals surface area contributed by atoms with E-state index >= 15 is 0 Å². The number of alkyl carbamates (subject to hydrolysis) is 1. The lowest BCUT2D eigenvalue weighted by atomic mass is 10.1. The first-order chi connectivity index (χ1) is 24.8. The monoisotopic (exact) mass is 769 g/mol. The number of hydrogen-bond donors (Lipinski definition) is 3. The highest BCUT2D eigenvalue weighted by Gasteiger charge is 2.62. The third-order valence-corrected chi connectivity index (χ3v) is 11.5. The Hall–Kier alpha value is -4.65. The molecule has 0 radical (unpaired) electrons. The number of fused-ring (bicyclic) bond motifs is 1. The Morgan fingerprint density at radius 1 is 1.13 bits per heavy atom.